The predicted octanol–water partition coefficient (Wildman–Crippen LogP) is 2.16. The number of carbonyl (C=O) groups excluding carboxylic acids is 1. The minimum atomic E-state index is -0.475. The number of hydrogen-bond acceptors (Lipinski definition) is 4. The third-order valence-corrected chi connectivity index (χ3v) is 3.54. The molecule has 2 rings (SSSR count). The lowest BCUT2D eigenvalue weighted by Crippen LogP contribution is -2.28. The summed E-state index contributed by atoms with van der Waals surface area (Å²) in [6, 6.07) is 4.51. The van der Waals surface area contributed by atoms with Gasteiger partial charge in [-0.15, -0.1) is 0 Å². The molecule has 1 amide bonds. The molecule has 1 aromatic rings. The Morgan fingerprint density at radius 1 is 1.47 bits per heavy atom. The van der Waals surface area contributed by atoms with Crippen LogP contribution in [0.3, 0.4) is 0 Å². The number of carbonyl (C=O) groups is 1. The third-order valence-electron chi connectivity index (χ3n) is 3.54. The van der Waals surface area contributed by atoms with Crippen LogP contribution in [0.2, 0.25) is 0 Å². The quantitative estimate of drug-likeness (QED) is 0.644. The first kappa shape index (κ1) is 13.3. The zero-order valence-electron chi connectivity index (χ0n) is 11.2. The average Bonchev–Trinajstić information content (AvgIpc) is 2.95. The normalized spacial score (nSPS) is 19.6. The molecule has 0 saturated heterocycles. The topological polar surface area (TPSA) is 84.3 Å². The van der Waals surface area contributed by atoms with Crippen LogP contribution >= 0.6 is 0 Å². The van der Waals surface area contributed by atoms with Crippen LogP contribution in [0.1, 0.15) is 30.6 Å². The zero-order valence-corrected chi connectivity index (χ0v) is 11.2. The lowest BCUT2D eigenvalue weighted by Gasteiger charge is -2.08. The van der Waals surface area contributed by atoms with Crippen molar-refractivity contribution in [1.29, 1.82) is 0 Å². The first-order valence-corrected chi connectivity index (χ1v) is 6.12. The Bertz CT molecular complexity index is 540. The maximum absolute atomic E-state index is 12.0. The first-order valence-electron chi connectivity index (χ1n) is 6.12. The van der Waals surface area contributed by atoms with Gasteiger partial charge >= 0.3 is 0 Å². The summed E-state index contributed by atoms with van der Waals surface area (Å²) in [5, 5.41) is 16.5. The van der Waals surface area contributed by atoms with E-state index in [1.54, 1.807) is 7.05 Å². The molecule has 0 aromatic heterocycles. The van der Waals surface area contributed by atoms with Gasteiger partial charge in [-0.3, -0.25) is 14.9 Å². The summed E-state index contributed by atoms with van der Waals surface area (Å²) in [5.74, 6) is -0.193. The molecule has 0 aliphatic heterocycles. The summed E-state index contributed by atoms with van der Waals surface area (Å²) in [6.45, 7) is 4.18. The molecule has 1 unspecified atom stereocenters. The lowest BCUT2D eigenvalue weighted by atomic mass is 10.1. The highest BCUT2D eigenvalue weighted by Gasteiger charge is 2.46. The molecule has 0 radical (unpaired) electrons. The molecule has 1 saturated carbocycles. The van der Waals surface area contributed by atoms with E-state index in [2.05, 4.69) is 24.5 Å². The maximum atomic E-state index is 12.0. The Hall–Kier alpha value is -2.11. The Morgan fingerprint density at radius 2 is 2.11 bits per heavy atom. The zero-order chi connectivity index (χ0) is 14.2. The van der Waals surface area contributed by atoms with Gasteiger partial charge < -0.3 is 10.6 Å². The number of nitrogens with one attached hydrogen (secondary N) is 2. The molecule has 19 heavy (non-hydrogen) atoms. The largest absolute Gasteiger partial charge is 0.383 e. The van der Waals surface area contributed by atoms with Crippen molar-refractivity contribution in [1.82, 2.24) is 5.32 Å². The van der Waals surface area contributed by atoms with Crippen LogP contribution in [0.4, 0.5) is 11.4 Å². The van der Waals surface area contributed by atoms with Crippen molar-refractivity contribution in [2.24, 2.45) is 5.41 Å². The highest BCUT2D eigenvalue weighted by molar-refractivity contribution is 5.96. The fourth-order valence-electron chi connectivity index (χ4n) is 1.99. The molecule has 1 aliphatic carbocycles. The van der Waals surface area contributed by atoms with E-state index in [-0.39, 0.29) is 23.1 Å². The van der Waals surface area contributed by atoms with Crippen LogP contribution in [0, 0.1) is 15.5 Å². The fourth-order valence-corrected chi connectivity index (χ4v) is 1.99. The Balaban J connectivity index is 2.17. The Kier molecular flexibility index (Phi) is 3.18. The van der Waals surface area contributed by atoms with E-state index in [9.17, 15) is 14.9 Å². The number of nitro benzene ring substituents is 1. The molecule has 1 aliphatic rings. The number of rotatable bonds is 4. The molecular formula is C13H17N3O3. The van der Waals surface area contributed by atoms with E-state index < -0.39 is 4.92 Å². The van der Waals surface area contributed by atoms with Gasteiger partial charge in [0, 0.05) is 24.7 Å². The molecule has 1 fully saturated rings. The summed E-state index contributed by atoms with van der Waals surface area (Å²) in [5.41, 5.74) is 0.888. The molecule has 6 heteroatoms. The molecule has 6 nitrogen and oxygen atoms in total. The van der Waals surface area contributed by atoms with E-state index in [4.69, 9.17) is 0 Å². The van der Waals surface area contributed by atoms with Gasteiger partial charge in [-0.05, 0) is 24.0 Å². The molecule has 0 heterocycles. The predicted molar refractivity (Wildman–Crippen MR) is 72.3 cm³/mol. The van der Waals surface area contributed by atoms with Gasteiger partial charge in [-0.2, -0.15) is 0 Å². The summed E-state index contributed by atoms with van der Waals surface area (Å²) < 4.78 is 0. The van der Waals surface area contributed by atoms with E-state index in [1.807, 2.05) is 0 Å². The molecule has 102 valence electrons. The van der Waals surface area contributed by atoms with Crippen molar-refractivity contribution < 1.29 is 9.72 Å². The van der Waals surface area contributed by atoms with E-state index in [1.165, 1.54) is 18.2 Å². The average molecular weight is 263 g/mol. The Labute approximate surface area is 111 Å². The van der Waals surface area contributed by atoms with Crippen molar-refractivity contribution in [2.75, 3.05) is 12.4 Å². The van der Waals surface area contributed by atoms with Gasteiger partial charge in [0.15, 0.2) is 0 Å². The van der Waals surface area contributed by atoms with Crippen LogP contribution in [0.25, 0.3) is 0 Å². The molecule has 1 aromatic carbocycles. The van der Waals surface area contributed by atoms with Crippen LogP contribution < -0.4 is 10.6 Å². The lowest BCUT2D eigenvalue weighted by molar-refractivity contribution is -0.383. The van der Waals surface area contributed by atoms with Gasteiger partial charge in [0.2, 0.25) is 0 Å². The number of benzene rings is 1. The summed E-state index contributed by atoms with van der Waals surface area (Å²) in [4.78, 5) is 22.3. The van der Waals surface area contributed by atoms with Crippen molar-refractivity contribution in [3.05, 3.63) is 33.9 Å². The van der Waals surface area contributed by atoms with Crippen LogP contribution in [-0.4, -0.2) is 23.9 Å². The minimum Gasteiger partial charge on any atom is -0.383 e. The Morgan fingerprint density at radius 3 is 2.58 bits per heavy atom. The van der Waals surface area contributed by atoms with Crippen molar-refractivity contribution in [3.8, 4) is 0 Å². The molecule has 0 bridgehead atoms. The van der Waals surface area contributed by atoms with Crippen LogP contribution in [0.5, 0.6) is 0 Å². The minimum absolute atomic E-state index is 0.0363. The highest BCUT2D eigenvalue weighted by atomic mass is 16.6. The van der Waals surface area contributed by atoms with Crippen LogP contribution in [-0.2, 0) is 0 Å². The fraction of sp³-hybridized carbons (Fsp3) is 0.462. The van der Waals surface area contributed by atoms with Crippen LogP contribution in [0.15, 0.2) is 18.2 Å². The van der Waals surface area contributed by atoms with Gasteiger partial charge in [0.25, 0.3) is 11.6 Å². The summed E-state index contributed by atoms with van der Waals surface area (Å²) >= 11 is 0. The van der Waals surface area contributed by atoms with E-state index in [0.717, 1.165) is 6.42 Å². The second-order valence-corrected chi connectivity index (χ2v) is 5.46. The number of amides is 1. The molecule has 2 N–H and O–H groups in total. The van der Waals surface area contributed by atoms with Gasteiger partial charge in [-0.1, -0.05) is 13.8 Å². The smallest absolute Gasteiger partial charge is 0.292 e. The van der Waals surface area contributed by atoms with E-state index >= 15 is 0 Å². The number of nitro groups is 1. The molecule has 1 atom stereocenters. The van der Waals surface area contributed by atoms with Gasteiger partial charge in [0.1, 0.15) is 5.69 Å². The SMILES string of the molecule is CNc1cc(C(=O)NC2CC2(C)C)ccc1[N+](=O)[O-]. The maximum Gasteiger partial charge on any atom is 0.292 e. The summed E-state index contributed by atoms with van der Waals surface area (Å²) in [6.07, 6.45) is 0.963. The molecule has 0 spiro atoms. The highest BCUT2D eigenvalue weighted by Crippen LogP contribution is 2.44. The van der Waals surface area contributed by atoms with Crippen molar-refractivity contribution >= 4 is 17.3 Å². The molecular weight excluding hydrogens is 246 g/mol. The van der Waals surface area contributed by atoms with Gasteiger partial charge in [-0.25, -0.2) is 0 Å². The second-order valence-electron chi connectivity index (χ2n) is 5.46. The number of hydrogen-bond donors (Lipinski definition) is 2. The van der Waals surface area contributed by atoms with Crippen molar-refractivity contribution in [3.63, 3.8) is 0 Å². The monoisotopic (exact) mass is 263 g/mol. The third kappa shape index (κ3) is 2.67. The standard InChI is InChI=1S/C13H17N3O3/c1-13(2)7-11(13)15-12(17)8-4-5-10(16(18)19)9(6-8)14-3/h4-6,11,14H,7H2,1-3H3,(H,15,17). The number of anilines is 1. The first-order chi connectivity index (χ1) is 8.85. The van der Waals surface area contributed by atoms with E-state index in [0.29, 0.717) is 11.3 Å². The summed E-state index contributed by atoms with van der Waals surface area (Å²) in [7, 11) is 1.59. The second kappa shape index (κ2) is 4.53. The van der Waals surface area contributed by atoms with Crippen molar-refractivity contribution in [2.45, 2.75) is 26.3 Å². The number of nitrogens with zero attached hydrogens (tertiary/aromatic N) is 1. The van der Waals surface area contributed by atoms with Gasteiger partial charge in [0.05, 0.1) is 4.92 Å².